The summed E-state index contributed by atoms with van der Waals surface area (Å²) in [5.41, 5.74) is 1.45. The molecule has 2 saturated heterocycles. The fraction of sp³-hybridized carbons (Fsp3) is 0.444. The van der Waals surface area contributed by atoms with Gasteiger partial charge in [0.05, 0.1) is 0 Å². The molecule has 0 amide bonds. The molecule has 2 heteroatoms. The van der Waals surface area contributed by atoms with Gasteiger partial charge < -0.3 is 5.32 Å². The van der Waals surface area contributed by atoms with Crippen LogP contribution in [0.15, 0.2) is 42.5 Å². The molecule has 1 N–H and O–H groups in total. The molecule has 0 saturated carbocycles. The van der Waals surface area contributed by atoms with Crippen LogP contribution in [0.1, 0.15) is 12.0 Å². The molecule has 2 unspecified atom stereocenters. The summed E-state index contributed by atoms with van der Waals surface area (Å²) >= 11 is 0. The van der Waals surface area contributed by atoms with Crippen LogP contribution in [0.25, 0.3) is 10.8 Å². The molecule has 2 fully saturated rings. The molecule has 0 aliphatic carbocycles. The number of hydrogen-bond donors (Lipinski definition) is 1. The van der Waals surface area contributed by atoms with Crippen molar-refractivity contribution in [2.75, 3.05) is 26.2 Å². The first kappa shape index (κ1) is 12.4. The predicted molar refractivity (Wildman–Crippen MR) is 83.7 cm³/mol. The first-order chi connectivity index (χ1) is 9.88. The van der Waals surface area contributed by atoms with E-state index in [-0.39, 0.29) is 0 Å². The van der Waals surface area contributed by atoms with E-state index in [1.165, 1.54) is 48.9 Å². The average Bonchev–Trinajstić information content (AvgIpc) is 2.95. The fourth-order valence-corrected chi connectivity index (χ4v) is 3.85. The fourth-order valence-electron chi connectivity index (χ4n) is 3.85. The minimum atomic E-state index is 0.879. The van der Waals surface area contributed by atoms with Crippen LogP contribution < -0.4 is 5.32 Å². The lowest BCUT2D eigenvalue weighted by Gasteiger charge is -2.34. The highest BCUT2D eigenvalue weighted by atomic mass is 15.1. The summed E-state index contributed by atoms with van der Waals surface area (Å²) in [6.07, 6.45) is 1.37. The van der Waals surface area contributed by atoms with Crippen LogP contribution in [0, 0.1) is 11.8 Å². The molecule has 0 spiro atoms. The van der Waals surface area contributed by atoms with E-state index in [9.17, 15) is 0 Å². The standard InChI is InChI=1S/C18H22N2/c1-2-4-16-9-14(5-6-15(16)3-1)12-20-8-7-17-10-19-11-18(17)13-20/h1-6,9,17-19H,7-8,10-13H2. The lowest BCUT2D eigenvalue weighted by Crippen LogP contribution is -2.39. The molecule has 2 nitrogen and oxygen atoms in total. The van der Waals surface area contributed by atoms with Crippen molar-refractivity contribution in [1.82, 2.24) is 10.2 Å². The number of piperidine rings is 1. The number of likely N-dealkylation sites (tertiary alicyclic amines) is 1. The summed E-state index contributed by atoms with van der Waals surface area (Å²) in [5.74, 6) is 1.81. The Labute approximate surface area is 120 Å². The van der Waals surface area contributed by atoms with E-state index in [0.717, 1.165) is 18.4 Å². The monoisotopic (exact) mass is 266 g/mol. The van der Waals surface area contributed by atoms with E-state index in [0.29, 0.717) is 0 Å². The van der Waals surface area contributed by atoms with Gasteiger partial charge in [-0.1, -0.05) is 36.4 Å². The van der Waals surface area contributed by atoms with Crippen LogP contribution in [0.3, 0.4) is 0 Å². The second-order valence-corrected chi connectivity index (χ2v) is 6.38. The molecule has 2 aromatic carbocycles. The zero-order chi connectivity index (χ0) is 13.4. The van der Waals surface area contributed by atoms with Gasteiger partial charge in [-0.15, -0.1) is 0 Å². The molecule has 2 aliphatic rings. The van der Waals surface area contributed by atoms with Crippen LogP contribution in [0.5, 0.6) is 0 Å². The van der Waals surface area contributed by atoms with Gasteiger partial charge in [0.2, 0.25) is 0 Å². The largest absolute Gasteiger partial charge is 0.316 e. The molecular weight excluding hydrogens is 244 g/mol. The van der Waals surface area contributed by atoms with Crippen LogP contribution >= 0.6 is 0 Å². The Kier molecular flexibility index (Phi) is 3.21. The number of benzene rings is 2. The van der Waals surface area contributed by atoms with Crippen LogP contribution in [0.4, 0.5) is 0 Å². The summed E-state index contributed by atoms with van der Waals surface area (Å²) in [7, 11) is 0. The van der Waals surface area contributed by atoms with Crippen molar-refractivity contribution in [2.24, 2.45) is 11.8 Å². The second-order valence-electron chi connectivity index (χ2n) is 6.38. The Balaban J connectivity index is 1.49. The molecule has 0 radical (unpaired) electrons. The van der Waals surface area contributed by atoms with Crippen LogP contribution in [-0.4, -0.2) is 31.1 Å². The highest BCUT2D eigenvalue weighted by Gasteiger charge is 2.32. The van der Waals surface area contributed by atoms with Crippen LogP contribution in [-0.2, 0) is 6.54 Å². The number of nitrogens with one attached hydrogen (secondary N) is 1. The van der Waals surface area contributed by atoms with E-state index < -0.39 is 0 Å². The third-order valence-electron chi connectivity index (χ3n) is 5.01. The van der Waals surface area contributed by atoms with E-state index in [2.05, 4.69) is 52.7 Å². The summed E-state index contributed by atoms with van der Waals surface area (Å²) < 4.78 is 0. The third-order valence-corrected chi connectivity index (χ3v) is 5.01. The Morgan fingerprint density at radius 3 is 2.80 bits per heavy atom. The molecule has 0 bridgehead atoms. The topological polar surface area (TPSA) is 15.3 Å². The van der Waals surface area contributed by atoms with Gasteiger partial charge in [-0.25, -0.2) is 0 Å². The van der Waals surface area contributed by atoms with Crippen LogP contribution in [0.2, 0.25) is 0 Å². The van der Waals surface area contributed by atoms with Gasteiger partial charge in [0, 0.05) is 13.1 Å². The smallest absolute Gasteiger partial charge is 0.0234 e. The van der Waals surface area contributed by atoms with Crippen molar-refractivity contribution in [2.45, 2.75) is 13.0 Å². The van der Waals surface area contributed by atoms with E-state index in [1.807, 2.05) is 0 Å². The van der Waals surface area contributed by atoms with Gasteiger partial charge in [0.25, 0.3) is 0 Å². The quantitative estimate of drug-likeness (QED) is 0.899. The highest BCUT2D eigenvalue weighted by molar-refractivity contribution is 5.82. The summed E-state index contributed by atoms with van der Waals surface area (Å²) in [4.78, 5) is 2.64. The maximum Gasteiger partial charge on any atom is 0.0234 e. The number of nitrogens with zero attached hydrogens (tertiary/aromatic N) is 1. The maximum atomic E-state index is 3.55. The van der Waals surface area contributed by atoms with Gasteiger partial charge >= 0.3 is 0 Å². The van der Waals surface area contributed by atoms with Crippen molar-refractivity contribution < 1.29 is 0 Å². The first-order valence-electron chi connectivity index (χ1n) is 7.79. The van der Waals surface area contributed by atoms with Gasteiger partial charge in [0.1, 0.15) is 0 Å². The number of fused-ring (bicyclic) bond motifs is 2. The lowest BCUT2D eigenvalue weighted by molar-refractivity contribution is 0.142. The molecular formula is C18H22N2. The van der Waals surface area contributed by atoms with Gasteiger partial charge in [0.15, 0.2) is 0 Å². The predicted octanol–water partition coefficient (Wildman–Crippen LogP) is 2.88. The average molecular weight is 266 g/mol. The van der Waals surface area contributed by atoms with Crippen molar-refractivity contribution in [3.05, 3.63) is 48.0 Å². The molecule has 4 rings (SSSR count). The van der Waals surface area contributed by atoms with E-state index in [4.69, 9.17) is 0 Å². The SMILES string of the molecule is c1ccc2cc(CN3CCC4CNCC4C3)ccc2c1. The molecule has 20 heavy (non-hydrogen) atoms. The number of rotatable bonds is 2. The Morgan fingerprint density at radius 2 is 1.85 bits per heavy atom. The molecule has 2 atom stereocenters. The van der Waals surface area contributed by atoms with Crippen molar-refractivity contribution in [1.29, 1.82) is 0 Å². The molecule has 2 aromatic rings. The maximum absolute atomic E-state index is 3.55. The first-order valence-corrected chi connectivity index (χ1v) is 7.79. The van der Waals surface area contributed by atoms with Crippen molar-refractivity contribution in [3.8, 4) is 0 Å². The number of hydrogen-bond acceptors (Lipinski definition) is 2. The van der Waals surface area contributed by atoms with Crippen molar-refractivity contribution in [3.63, 3.8) is 0 Å². The normalized spacial score (nSPS) is 26.8. The Bertz CT molecular complexity index is 607. The van der Waals surface area contributed by atoms with Gasteiger partial charge in [-0.3, -0.25) is 4.90 Å². The minimum Gasteiger partial charge on any atom is -0.316 e. The van der Waals surface area contributed by atoms with E-state index in [1.54, 1.807) is 0 Å². The minimum absolute atomic E-state index is 0.879. The summed E-state index contributed by atoms with van der Waals surface area (Å²) in [6, 6.07) is 15.5. The Morgan fingerprint density at radius 1 is 1.00 bits per heavy atom. The zero-order valence-electron chi connectivity index (χ0n) is 11.9. The van der Waals surface area contributed by atoms with Gasteiger partial charge in [-0.05, 0) is 60.3 Å². The molecule has 104 valence electrons. The summed E-state index contributed by atoms with van der Waals surface area (Å²) in [6.45, 7) is 6.10. The second kappa shape index (κ2) is 5.19. The zero-order valence-corrected chi connectivity index (χ0v) is 11.9. The van der Waals surface area contributed by atoms with Gasteiger partial charge in [-0.2, -0.15) is 0 Å². The van der Waals surface area contributed by atoms with Crippen molar-refractivity contribution >= 4 is 10.8 Å². The summed E-state index contributed by atoms with van der Waals surface area (Å²) in [5, 5.41) is 6.25. The molecule has 2 aliphatic heterocycles. The van der Waals surface area contributed by atoms with E-state index >= 15 is 0 Å². The lowest BCUT2D eigenvalue weighted by atomic mass is 9.88. The highest BCUT2D eigenvalue weighted by Crippen LogP contribution is 2.27. The third kappa shape index (κ3) is 2.34. The Hall–Kier alpha value is -1.38. The molecule has 2 heterocycles. The molecule has 0 aromatic heterocycles.